The molecule has 5 heterocycles. The topological polar surface area (TPSA) is 395 Å². The summed E-state index contributed by atoms with van der Waals surface area (Å²) in [5.74, 6) is -3.54. The van der Waals surface area contributed by atoms with Gasteiger partial charge in [0.2, 0.25) is 11.8 Å². The third kappa shape index (κ3) is 15.4. The highest BCUT2D eigenvalue weighted by atomic mass is 35.5. The Kier molecular flexibility index (Phi) is 20.1. The Morgan fingerprint density at radius 1 is 0.348 bits per heavy atom. The number of fused-ring (bicyclic) bond motifs is 5. The van der Waals surface area contributed by atoms with Crippen molar-refractivity contribution < 1.29 is 60.5 Å². The van der Waals surface area contributed by atoms with Crippen LogP contribution in [0.25, 0.3) is 53.9 Å². The molecule has 10 aromatic rings. The first-order valence-corrected chi connectivity index (χ1v) is 28.8. The van der Waals surface area contributed by atoms with Crippen molar-refractivity contribution >= 4 is 88.7 Å². The number of aromatic hydroxyl groups is 10. The van der Waals surface area contributed by atoms with Gasteiger partial charge in [-0.1, -0.05) is 34.8 Å². The van der Waals surface area contributed by atoms with Crippen molar-refractivity contribution in [2.75, 3.05) is 0 Å². The molecule has 0 aliphatic heterocycles. The van der Waals surface area contributed by atoms with Crippen LogP contribution in [0.15, 0.2) is 85.0 Å². The highest BCUT2D eigenvalue weighted by molar-refractivity contribution is 6.38. The van der Waals surface area contributed by atoms with Gasteiger partial charge in [0.1, 0.15) is 11.2 Å². The molecule has 10 N–H and O–H groups in total. The summed E-state index contributed by atoms with van der Waals surface area (Å²) < 4.78 is 17.5. The molecule has 0 saturated carbocycles. The van der Waals surface area contributed by atoms with Gasteiger partial charge in [0.25, 0.3) is 27.8 Å². The normalized spacial score (nSPS) is 11.9. The fourth-order valence-corrected chi connectivity index (χ4v) is 9.36. The lowest BCUT2D eigenvalue weighted by atomic mass is 10.1. The summed E-state index contributed by atoms with van der Waals surface area (Å²) in [5, 5.41) is 118. The van der Waals surface area contributed by atoms with Crippen molar-refractivity contribution in [3.8, 4) is 69.3 Å². The lowest BCUT2D eigenvalue weighted by molar-refractivity contribution is 0.123. The summed E-state index contributed by atoms with van der Waals surface area (Å²) in [5.41, 5.74) is -4.36. The quantitative estimate of drug-likeness (QED) is 0.0719. The van der Waals surface area contributed by atoms with E-state index in [9.17, 15) is 75.0 Å². The van der Waals surface area contributed by atoms with E-state index >= 15 is 0 Å². The Hall–Kier alpha value is -9.73. The maximum absolute atomic E-state index is 12.3. The largest absolute Gasteiger partial charge is 0.504 e. The molecule has 0 aliphatic rings. The summed E-state index contributed by atoms with van der Waals surface area (Å²) in [7, 11) is 2.96. The molecule has 5 aromatic carbocycles. The van der Waals surface area contributed by atoms with Crippen molar-refractivity contribution in [1.29, 1.82) is 0 Å². The Morgan fingerprint density at radius 3 is 1.15 bits per heavy atom. The molecule has 0 aliphatic carbocycles. The van der Waals surface area contributed by atoms with Crippen molar-refractivity contribution in [1.82, 2.24) is 48.9 Å². The summed E-state index contributed by atoms with van der Waals surface area (Å²) in [6.07, 6.45) is 4.34. The van der Waals surface area contributed by atoms with Crippen molar-refractivity contribution in [2.45, 2.75) is 132 Å². The lowest BCUT2D eigenvalue weighted by Gasteiger charge is -2.22. The molecule has 92 heavy (non-hydrogen) atoms. The summed E-state index contributed by atoms with van der Waals surface area (Å²) >= 11 is 17.7. The SMILES string of the molecule is CC(C)(C)n1ncc2c(Cl)c(O)c(O)cc2c1=O.CC(C)(C)n1ncc2cc(O)c(O)c(Cl)c2c1=O.CC(C)(C)n1ncc2cc(O)c(O)cc2c1=O.Cn1nc(OC(C)(C)C)c2cc(O)c(O)c(Cl)c2c1=O.Cn1nc(OC(C)(C)C)c2cc(O)c(O)cc2c1=O. The molecule has 0 radical (unpaired) electrons. The zero-order valence-corrected chi connectivity index (χ0v) is 55.5. The molecule has 5 aromatic heterocycles. The van der Waals surface area contributed by atoms with Gasteiger partial charge in [-0.15, -0.1) is 10.2 Å². The average molecular weight is 1330 g/mol. The molecule has 0 atom stereocenters. The van der Waals surface area contributed by atoms with E-state index in [1.165, 1.54) is 89.2 Å². The number of rotatable bonds is 2. The molecule has 0 fully saturated rings. The molecule has 0 saturated heterocycles. The first-order chi connectivity index (χ1) is 42.1. The number of nitrogens with zero attached hydrogens (tertiary/aromatic N) is 10. The van der Waals surface area contributed by atoms with E-state index < -0.39 is 67.7 Å². The van der Waals surface area contributed by atoms with Gasteiger partial charge in [-0.25, -0.2) is 23.4 Å². The second-order valence-corrected chi connectivity index (χ2v) is 27.0. The smallest absolute Gasteiger partial charge is 0.276 e. The minimum Gasteiger partial charge on any atom is -0.504 e. The van der Waals surface area contributed by atoms with E-state index in [1.54, 1.807) is 0 Å². The Morgan fingerprint density at radius 2 is 0.674 bits per heavy atom. The number of hydrogen-bond acceptors (Lipinski definition) is 22. The van der Waals surface area contributed by atoms with Crippen LogP contribution < -0.4 is 37.3 Å². The van der Waals surface area contributed by atoms with Gasteiger partial charge in [-0.05, 0) is 146 Å². The zero-order chi connectivity index (χ0) is 69.7. The number of aromatic nitrogens is 10. The summed E-state index contributed by atoms with van der Waals surface area (Å²) in [4.78, 5) is 60.7. The Labute approximate surface area is 538 Å². The number of benzene rings is 5. The second kappa shape index (κ2) is 25.9. The number of halogens is 3. The highest BCUT2D eigenvalue weighted by Gasteiger charge is 2.26. The molecular weight excluding hydrogens is 1260 g/mol. The van der Waals surface area contributed by atoms with Gasteiger partial charge in [-0.2, -0.15) is 15.3 Å². The van der Waals surface area contributed by atoms with Crippen LogP contribution in [0.2, 0.25) is 15.1 Å². The van der Waals surface area contributed by atoms with Crippen LogP contribution in [-0.2, 0) is 30.7 Å². The van der Waals surface area contributed by atoms with Gasteiger partial charge >= 0.3 is 0 Å². The zero-order valence-electron chi connectivity index (χ0n) is 53.2. The molecule has 0 bridgehead atoms. The lowest BCUT2D eigenvalue weighted by Crippen LogP contribution is -2.35. The van der Waals surface area contributed by atoms with Crippen LogP contribution >= 0.6 is 34.8 Å². The molecule has 0 spiro atoms. The first kappa shape index (κ1) is 71.3. The maximum atomic E-state index is 12.3. The minimum absolute atomic E-state index is 0.0544. The predicted molar refractivity (Wildman–Crippen MR) is 349 cm³/mol. The number of hydrogen-bond donors (Lipinski definition) is 10. The molecule has 492 valence electrons. The molecule has 27 nitrogen and oxygen atoms in total. The van der Waals surface area contributed by atoms with Crippen molar-refractivity contribution in [3.63, 3.8) is 0 Å². The van der Waals surface area contributed by atoms with E-state index in [4.69, 9.17) is 44.3 Å². The van der Waals surface area contributed by atoms with E-state index in [0.29, 0.717) is 26.9 Å². The molecule has 10 rings (SSSR count). The molecular formula is C62H71Cl3N10O17. The number of phenols is 10. The van der Waals surface area contributed by atoms with Crippen LogP contribution in [-0.4, -0.2) is 111 Å². The standard InChI is InChI=1S/C13H15ClN2O4.C13H16N2O4.2C12H13ClN2O3.C12H14N2O3/c1-13(2,3)20-11-6-5-7(17)10(18)9(14)8(6)12(19)16(4)15-11;1-13(2,3)19-11-7-5-9(16)10(17)6-8(7)12(18)15(4)14-11;1-12(2,3)15-11(18)6-4-8(16)10(17)9(13)7(6)5-14-15;1-12(2,3)15-11(18)8-6(5-14-15)4-7(16)10(17)9(8)13;1-12(2,3)14-11(17)8-5-10(16)9(15)4-7(8)6-13-14/h5,17-18H,1-4H3;5-6,16-17H,1-4H3;2*4-5,16-17H,1-3H3;4-6,15-16H,1-3H3. The summed E-state index contributed by atoms with van der Waals surface area (Å²) in [6, 6.07) is 8.75. The third-order valence-corrected chi connectivity index (χ3v) is 14.0. The minimum atomic E-state index is -0.544. The average Bonchev–Trinajstić information content (AvgIpc) is 0.798. The molecule has 0 unspecified atom stereocenters. The van der Waals surface area contributed by atoms with E-state index in [1.807, 2.05) is 104 Å². The fourth-order valence-electron chi connectivity index (χ4n) is 8.55. The van der Waals surface area contributed by atoms with Gasteiger partial charge < -0.3 is 60.5 Å². The van der Waals surface area contributed by atoms with Crippen molar-refractivity contribution in [2.24, 2.45) is 14.1 Å². The number of phenolic OH excluding ortho intramolecular Hbond substituents is 10. The van der Waals surface area contributed by atoms with E-state index in [-0.39, 0.29) is 99.2 Å². The summed E-state index contributed by atoms with van der Waals surface area (Å²) in [6.45, 7) is 27.7. The Balaban J connectivity index is 0.000000183. The number of ether oxygens (including phenoxy) is 2. The monoisotopic (exact) mass is 1330 g/mol. The van der Waals surface area contributed by atoms with Crippen molar-refractivity contribution in [3.05, 3.63) is 128 Å². The van der Waals surface area contributed by atoms with Crippen LogP contribution in [0.4, 0.5) is 0 Å². The second-order valence-electron chi connectivity index (χ2n) is 25.8. The van der Waals surface area contributed by atoms with Crippen LogP contribution in [0.5, 0.6) is 69.3 Å². The van der Waals surface area contributed by atoms with Crippen LogP contribution in [0, 0.1) is 0 Å². The first-order valence-electron chi connectivity index (χ1n) is 27.7. The highest BCUT2D eigenvalue weighted by Crippen LogP contribution is 2.42. The van der Waals surface area contributed by atoms with Crippen LogP contribution in [0.1, 0.15) is 104 Å². The number of aryl methyl sites for hydroxylation is 2. The third-order valence-electron chi connectivity index (χ3n) is 12.9. The van der Waals surface area contributed by atoms with E-state index in [0.717, 1.165) is 9.36 Å². The molecule has 30 heteroatoms. The van der Waals surface area contributed by atoms with Gasteiger partial charge in [0.15, 0.2) is 57.5 Å². The molecule has 0 amide bonds. The van der Waals surface area contributed by atoms with E-state index in [2.05, 4.69) is 25.5 Å². The van der Waals surface area contributed by atoms with Gasteiger partial charge in [0, 0.05) is 30.3 Å². The van der Waals surface area contributed by atoms with Crippen LogP contribution in [0.3, 0.4) is 0 Å². The van der Waals surface area contributed by atoms with Gasteiger partial charge in [0.05, 0.1) is 88.0 Å². The maximum Gasteiger partial charge on any atom is 0.276 e. The van der Waals surface area contributed by atoms with Gasteiger partial charge in [-0.3, -0.25) is 24.0 Å². The fraction of sp³-hybridized carbons (Fsp3) is 0.355. The Bertz CT molecular complexity index is 4870. The predicted octanol–water partition coefficient (Wildman–Crippen LogP) is 9.69.